The van der Waals surface area contributed by atoms with E-state index in [4.69, 9.17) is 42.6 Å². The molecule has 1 unspecified atom stereocenters. The van der Waals surface area contributed by atoms with E-state index in [2.05, 4.69) is 12.1 Å². The van der Waals surface area contributed by atoms with Crippen LogP contribution in [0.3, 0.4) is 0 Å². The van der Waals surface area contributed by atoms with E-state index >= 15 is 0 Å². The van der Waals surface area contributed by atoms with E-state index in [-0.39, 0.29) is 32.2 Å². The van der Waals surface area contributed by atoms with E-state index in [1.165, 1.54) is 0 Å². The molecule has 5 rings (SSSR count). The Bertz CT molecular complexity index is 1660. The molecule has 1 heterocycles. The van der Waals surface area contributed by atoms with E-state index < -0.39 is 23.9 Å². The van der Waals surface area contributed by atoms with Crippen molar-refractivity contribution in [2.45, 2.75) is 70.7 Å². The van der Waals surface area contributed by atoms with Crippen LogP contribution in [0.1, 0.15) is 55.4 Å². The lowest BCUT2D eigenvalue weighted by Gasteiger charge is -2.43. The largest absolute Gasteiger partial charge is 0.497 e. The van der Waals surface area contributed by atoms with Crippen LogP contribution in [0, 0.1) is 0 Å². The first-order valence-electron chi connectivity index (χ1n) is 18.6. The fourth-order valence-corrected chi connectivity index (χ4v) is 6.40. The van der Waals surface area contributed by atoms with Gasteiger partial charge >= 0.3 is 6.09 Å². The molecule has 0 spiro atoms. The second-order valence-corrected chi connectivity index (χ2v) is 14.4. The van der Waals surface area contributed by atoms with Crippen LogP contribution in [0.5, 0.6) is 28.7 Å². The third-order valence-electron chi connectivity index (χ3n) is 9.08. The van der Waals surface area contributed by atoms with Crippen molar-refractivity contribution in [3.05, 3.63) is 113 Å². The molecule has 0 aliphatic carbocycles. The van der Waals surface area contributed by atoms with Crippen LogP contribution in [0.25, 0.3) is 0 Å². The number of piperidine rings is 1. The highest BCUT2D eigenvalue weighted by molar-refractivity contribution is 5.68. The lowest BCUT2D eigenvalue weighted by molar-refractivity contribution is -0.100. The minimum Gasteiger partial charge on any atom is -0.497 e. The van der Waals surface area contributed by atoms with Gasteiger partial charge in [0.25, 0.3) is 0 Å². The summed E-state index contributed by atoms with van der Waals surface area (Å²) in [4.78, 5) is 15.3. The molecule has 0 saturated carbocycles. The van der Waals surface area contributed by atoms with Crippen molar-refractivity contribution in [3.8, 4) is 28.7 Å². The monoisotopic (exact) mass is 757 g/mol. The minimum absolute atomic E-state index is 0.240. The Balaban J connectivity index is 1.37. The fourth-order valence-electron chi connectivity index (χ4n) is 6.40. The van der Waals surface area contributed by atoms with Crippen molar-refractivity contribution < 1.29 is 47.4 Å². The molecule has 4 aromatic rings. The Labute approximate surface area is 325 Å². The van der Waals surface area contributed by atoms with Crippen LogP contribution >= 0.6 is 0 Å². The zero-order chi connectivity index (χ0) is 39.2. The van der Waals surface area contributed by atoms with E-state index in [1.54, 1.807) is 33.3 Å². The number of methoxy groups -OCH3 is 4. The third kappa shape index (κ3) is 12.5. The summed E-state index contributed by atoms with van der Waals surface area (Å²) >= 11 is 0. The molecule has 1 aliphatic rings. The Morgan fingerprint density at radius 3 is 1.60 bits per heavy atom. The molecular weight excluding hydrogens is 702 g/mol. The van der Waals surface area contributed by atoms with Crippen molar-refractivity contribution in [2.24, 2.45) is 0 Å². The van der Waals surface area contributed by atoms with Crippen molar-refractivity contribution in [2.75, 3.05) is 54.7 Å². The van der Waals surface area contributed by atoms with E-state index in [1.807, 2.05) is 99.6 Å². The van der Waals surface area contributed by atoms with Gasteiger partial charge in [-0.15, -0.1) is 0 Å². The molecule has 0 bridgehead atoms. The van der Waals surface area contributed by atoms with Gasteiger partial charge in [0.05, 0.1) is 86.8 Å². The lowest BCUT2D eigenvalue weighted by Crippen LogP contribution is -2.55. The molecule has 1 fully saturated rings. The maximum absolute atomic E-state index is 13.6. The molecule has 4 aromatic carbocycles. The van der Waals surface area contributed by atoms with Gasteiger partial charge in [-0.2, -0.15) is 0 Å². The molecule has 0 radical (unpaired) electrons. The highest BCUT2D eigenvalue weighted by Crippen LogP contribution is 2.36. The third-order valence-corrected chi connectivity index (χ3v) is 9.08. The van der Waals surface area contributed by atoms with Crippen LogP contribution in [0.4, 0.5) is 4.79 Å². The molecule has 1 aliphatic heterocycles. The van der Waals surface area contributed by atoms with Crippen LogP contribution in [-0.2, 0) is 38.8 Å². The number of amides is 1. The summed E-state index contributed by atoms with van der Waals surface area (Å²) in [6.07, 6.45) is -0.627. The summed E-state index contributed by atoms with van der Waals surface area (Å²) in [5.74, 6) is 3.10. The molecule has 1 amide bonds. The van der Waals surface area contributed by atoms with Gasteiger partial charge in [0, 0.05) is 24.5 Å². The van der Waals surface area contributed by atoms with Gasteiger partial charge in [0.15, 0.2) is 0 Å². The van der Waals surface area contributed by atoms with E-state index in [0.717, 1.165) is 34.4 Å². The maximum Gasteiger partial charge on any atom is 0.410 e. The van der Waals surface area contributed by atoms with Crippen LogP contribution in [-0.4, -0.2) is 83.5 Å². The fraction of sp³-hybridized carbons (Fsp3) is 0.432. The average Bonchev–Trinajstić information content (AvgIpc) is 3.20. The van der Waals surface area contributed by atoms with E-state index in [9.17, 15) is 4.79 Å². The topological polar surface area (TPSA) is 103 Å². The van der Waals surface area contributed by atoms with Gasteiger partial charge in [0.2, 0.25) is 0 Å². The molecule has 3 atom stereocenters. The molecule has 11 nitrogen and oxygen atoms in total. The standard InChI is InChI=1S/C44H55NO10/c1-44(2,3)55-43(46)45-26-40(53-29-32-20-36(47-4)24-37(21-32)48-5)42(41(27-45)54-30-33-22-38(49-6)25-39(23-33)50-7)34-14-16-35(17-15-34)52-19-11-18-51-28-31-12-9-8-10-13-31/h8-10,12-17,20-25,40-42H,11,18-19,26-30H2,1-7H3/t40-,41+,42?. The number of hydrogen-bond donors (Lipinski definition) is 0. The lowest BCUT2D eigenvalue weighted by atomic mass is 9.84. The molecule has 11 heteroatoms. The Kier molecular flexibility index (Phi) is 15.1. The first kappa shape index (κ1) is 41.2. The number of carbonyl (C=O) groups excluding carboxylic acids is 1. The SMILES string of the molecule is COc1cc(CO[C@H]2CN(C(=O)OC(C)(C)C)C[C@@H](OCc3cc(OC)cc(OC)c3)C2c2ccc(OCCCOCc3ccccc3)cc2)cc(OC)c1. The molecular formula is C44H55NO10. The number of carbonyl (C=O) groups is 1. The quantitative estimate of drug-likeness (QED) is 0.0923. The zero-order valence-electron chi connectivity index (χ0n) is 33.1. The highest BCUT2D eigenvalue weighted by Gasteiger charge is 2.42. The van der Waals surface area contributed by atoms with Gasteiger partial charge in [0.1, 0.15) is 34.3 Å². The van der Waals surface area contributed by atoms with Crippen molar-refractivity contribution in [1.82, 2.24) is 4.90 Å². The van der Waals surface area contributed by atoms with Crippen LogP contribution in [0.15, 0.2) is 91.0 Å². The summed E-state index contributed by atoms with van der Waals surface area (Å²) in [6, 6.07) is 29.4. The summed E-state index contributed by atoms with van der Waals surface area (Å²) in [5.41, 5.74) is 3.18. The van der Waals surface area contributed by atoms with Crippen LogP contribution in [0.2, 0.25) is 0 Å². The first-order valence-corrected chi connectivity index (χ1v) is 18.6. The number of benzene rings is 4. The molecule has 0 N–H and O–H groups in total. The van der Waals surface area contributed by atoms with Crippen molar-refractivity contribution in [1.29, 1.82) is 0 Å². The average molecular weight is 758 g/mol. The van der Waals surface area contributed by atoms with E-state index in [0.29, 0.717) is 42.8 Å². The van der Waals surface area contributed by atoms with Crippen LogP contribution < -0.4 is 23.7 Å². The van der Waals surface area contributed by atoms with Gasteiger partial charge in [-0.3, -0.25) is 0 Å². The summed E-state index contributed by atoms with van der Waals surface area (Å²) in [5, 5.41) is 0. The molecule has 0 aromatic heterocycles. The normalized spacial score (nSPS) is 17.0. The van der Waals surface area contributed by atoms with Gasteiger partial charge in [-0.05, 0) is 79.4 Å². The second kappa shape index (κ2) is 20.1. The maximum atomic E-state index is 13.6. The number of rotatable bonds is 18. The Morgan fingerprint density at radius 2 is 1.13 bits per heavy atom. The van der Waals surface area contributed by atoms with Crippen molar-refractivity contribution in [3.63, 3.8) is 0 Å². The van der Waals surface area contributed by atoms with Gasteiger partial charge < -0.3 is 47.5 Å². The summed E-state index contributed by atoms with van der Waals surface area (Å²) < 4.78 is 53.3. The second-order valence-electron chi connectivity index (χ2n) is 14.4. The molecule has 296 valence electrons. The Morgan fingerprint density at radius 1 is 0.618 bits per heavy atom. The number of hydrogen-bond acceptors (Lipinski definition) is 10. The predicted octanol–water partition coefficient (Wildman–Crippen LogP) is 8.21. The van der Waals surface area contributed by atoms with Gasteiger partial charge in [-0.25, -0.2) is 4.79 Å². The first-order chi connectivity index (χ1) is 26.6. The number of likely N-dealkylation sites (tertiary alicyclic amines) is 1. The van der Waals surface area contributed by atoms with Crippen molar-refractivity contribution >= 4 is 6.09 Å². The smallest absolute Gasteiger partial charge is 0.410 e. The minimum atomic E-state index is -0.682. The zero-order valence-corrected chi connectivity index (χ0v) is 33.1. The number of ether oxygens (including phenoxy) is 9. The molecule has 1 saturated heterocycles. The number of nitrogens with zero attached hydrogens (tertiary/aromatic N) is 1. The highest BCUT2D eigenvalue weighted by atomic mass is 16.6. The van der Waals surface area contributed by atoms with Gasteiger partial charge in [-0.1, -0.05) is 42.5 Å². The predicted molar refractivity (Wildman–Crippen MR) is 209 cm³/mol. The summed E-state index contributed by atoms with van der Waals surface area (Å²) in [6.45, 7) is 8.31. The summed E-state index contributed by atoms with van der Waals surface area (Å²) in [7, 11) is 6.45. The molecule has 55 heavy (non-hydrogen) atoms. The Hall–Kier alpha value is -4.97.